The smallest absolute Gasteiger partial charge is 0.320 e. The minimum absolute atomic E-state index is 0.0269. The highest BCUT2D eigenvalue weighted by atomic mass is 16.6. The fraction of sp³-hybridized carbons (Fsp3) is 0.517. The lowest BCUT2D eigenvalue weighted by molar-refractivity contribution is -0.385. The lowest BCUT2D eigenvalue weighted by Crippen LogP contribution is -2.51. The number of hydrogen-bond donors (Lipinski definition) is 0. The van der Waals surface area contributed by atoms with E-state index in [0.29, 0.717) is 36.9 Å². The Bertz CT molecular complexity index is 1230. The van der Waals surface area contributed by atoms with Gasteiger partial charge in [0.2, 0.25) is 0 Å². The standard InChI is InChI=1S/C22H29N3O5.C7H7NO2/c1-30-21(26)18-10-11-23(13-15-6-7-15)22(27)24(14-16-8-9-16)20(18)12-17-4-2-3-5-19(17)25(28)29;1-6-2-4-7(5-3-6)8(9)10/h2-5,15-16,18,20H,6-14H2,1H3;2-5H,1H3. The second-order valence-corrected chi connectivity index (χ2v) is 10.9. The van der Waals surface area contributed by atoms with Gasteiger partial charge in [-0.3, -0.25) is 25.0 Å². The van der Waals surface area contributed by atoms with Crippen molar-refractivity contribution in [3.8, 4) is 0 Å². The van der Waals surface area contributed by atoms with E-state index in [1.165, 1.54) is 25.3 Å². The summed E-state index contributed by atoms with van der Waals surface area (Å²) in [6, 6.07) is 12.5. The predicted molar refractivity (Wildman–Crippen MR) is 148 cm³/mol. The Morgan fingerprint density at radius 3 is 2.12 bits per heavy atom. The monoisotopic (exact) mass is 552 g/mol. The highest BCUT2D eigenvalue weighted by molar-refractivity contribution is 5.79. The van der Waals surface area contributed by atoms with Gasteiger partial charge >= 0.3 is 12.0 Å². The summed E-state index contributed by atoms with van der Waals surface area (Å²) in [5, 5.41) is 21.7. The molecular formula is C29H36N4O7. The van der Waals surface area contributed by atoms with Gasteiger partial charge < -0.3 is 14.5 Å². The molecule has 2 unspecified atom stereocenters. The maximum atomic E-state index is 13.5. The van der Waals surface area contributed by atoms with Crippen molar-refractivity contribution in [1.82, 2.24) is 9.80 Å². The minimum Gasteiger partial charge on any atom is -0.469 e. The number of para-hydroxylation sites is 1. The molecule has 3 aliphatic rings. The largest absolute Gasteiger partial charge is 0.469 e. The van der Waals surface area contributed by atoms with E-state index in [2.05, 4.69) is 0 Å². The molecule has 3 fully saturated rings. The molecular weight excluding hydrogens is 516 g/mol. The van der Waals surface area contributed by atoms with Crippen molar-refractivity contribution < 1.29 is 24.2 Å². The van der Waals surface area contributed by atoms with E-state index in [4.69, 9.17) is 4.74 Å². The molecule has 0 N–H and O–H groups in total. The van der Waals surface area contributed by atoms with Crippen molar-refractivity contribution in [3.05, 3.63) is 79.9 Å². The number of carbonyl (C=O) groups excluding carboxylic acids is 2. The van der Waals surface area contributed by atoms with Crippen LogP contribution in [0.2, 0.25) is 0 Å². The first-order chi connectivity index (χ1) is 19.2. The first-order valence-corrected chi connectivity index (χ1v) is 13.7. The van der Waals surface area contributed by atoms with Crippen LogP contribution in [0.5, 0.6) is 0 Å². The zero-order valence-electron chi connectivity index (χ0n) is 22.9. The number of benzene rings is 2. The molecule has 2 amide bonds. The molecule has 2 saturated carbocycles. The van der Waals surface area contributed by atoms with Gasteiger partial charge in [-0.15, -0.1) is 0 Å². The third-order valence-electron chi connectivity index (χ3n) is 7.78. The van der Waals surface area contributed by atoms with Crippen molar-refractivity contribution in [3.63, 3.8) is 0 Å². The molecule has 1 heterocycles. The Morgan fingerprint density at radius 1 is 0.925 bits per heavy atom. The Hall–Kier alpha value is -4.02. The molecule has 2 aliphatic carbocycles. The van der Waals surface area contributed by atoms with E-state index in [9.17, 15) is 29.8 Å². The topological polar surface area (TPSA) is 136 Å². The van der Waals surface area contributed by atoms with Crippen molar-refractivity contribution >= 4 is 23.4 Å². The zero-order valence-corrected chi connectivity index (χ0v) is 22.9. The van der Waals surface area contributed by atoms with E-state index in [0.717, 1.165) is 37.8 Å². The van der Waals surface area contributed by atoms with E-state index >= 15 is 0 Å². The van der Waals surface area contributed by atoms with Gasteiger partial charge in [-0.25, -0.2) is 4.79 Å². The van der Waals surface area contributed by atoms with Gasteiger partial charge in [0, 0.05) is 49.8 Å². The molecule has 0 spiro atoms. The molecule has 11 heteroatoms. The summed E-state index contributed by atoms with van der Waals surface area (Å²) in [4.78, 5) is 50.8. The summed E-state index contributed by atoms with van der Waals surface area (Å²) in [5.41, 5.74) is 1.75. The Morgan fingerprint density at radius 2 is 1.55 bits per heavy atom. The van der Waals surface area contributed by atoms with Crippen molar-refractivity contribution in [2.75, 3.05) is 26.7 Å². The first-order valence-electron chi connectivity index (χ1n) is 13.7. The molecule has 40 heavy (non-hydrogen) atoms. The second-order valence-electron chi connectivity index (χ2n) is 10.9. The van der Waals surface area contributed by atoms with Crippen LogP contribution in [0.4, 0.5) is 16.2 Å². The number of hydrogen-bond acceptors (Lipinski definition) is 7. The number of nitro groups is 2. The van der Waals surface area contributed by atoms with Gasteiger partial charge in [-0.1, -0.05) is 35.9 Å². The lowest BCUT2D eigenvalue weighted by atomic mass is 9.89. The molecule has 2 aromatic rings. The van der Waals surface area contributed by atoms with Crippen LogP contribution in [0, 0.1) is 44.9 Å². The van der Waals surface area contributed by atoms with E-state index in [-0.39, 0.29) is 29.8 Å². The summed E-state index contributed by atoms with van der Waals surface area (Å²) in [6.07, 6.45) is 5.23. The van der Waals surface area contributed by atoms with Crippen LogP contribution in [-0.2, 0) is 16.0 Å². The van der Waals surface area contributed by atoms with Crippen LogP contribution < -0.4 is 0 Å². The SMILES string of the molecule is COC(=O)C1CCN(CC2CC2)C(=O)N(CC2CC2)C1Cc1ccccc1[N+](=O)[O-].Cc1ccc([N+](=O)[O-])cc1. The predicted octanol–water partition coefficient (Wildman–Crippen LogP) is 5.15. The minimum atomic E-state index is -0.498. The fourth-order valence-electron chi connectivity index (χ4n) is 5.13. The van der Waals surface area contributed by atoms with E-state index < -0.39 is 21.8 Å². The quantitative estimate of drug-likeness (QED) is 0.238. The number of nitrogens with zero attached hydrogens (tertiary/aromatic N) is 4. The van der Waals surface area contributed by atoms with Gasteiger partial charge in [0.1, 0.15) is 0 Å². The van der Waals surface area contributed by atoms with Crippen molar-refractivity contribution in [1.29, 1.82) is 0 Å². The van der Waals surface area contributed by atoms with Crippen molar-refractivity contribution in [2.24, 2.45) is 17.8 Å². The van der Waals surface area contributed by atoms with Gasteiger partial charge in [0.15, 0.2) is 0 Å². The molecule has 0 radical (unpaired) electrons. The van der Waals surface area contributed by atoms with Crippen LogP contribution in [-0.4, -0.2) is 64.4 Å². The number of esters is 1. The molecule has 214 valence electrons. The number of rotatable bonds is 9. The second kappa shape index (κ2) is 12.9. The van der Waals surface area contributed by atoms with E-state index in [1.54, 1.807) is 30.3 Å². The number of aryl methyl sites for hydroxylation is 1. The number of amides is 2. The fourth-order valence-corrected chi connectivity index (χ4v) is 5.13. The number of carbonyl (C=O) groups is 2. The lowest BCUT2D eigenvalue weighted by Gasteiger charge is -2.35. The zero-order chi connectivity index (χ0) is 28.8. The molecule has 2 atom stereocenters. The Labute approximate surface area is 233 Å². The molecule has 11 nitrogen and oxygen atoms in total. The number of urea groups is 1. The van der Waals surface area contributed by atoms with Gasteiger partial charge in [0.05, 0.1) is 28.9 Å². The molecule has 0 aromatic heterocycles. The molecule has 0 bridgehead atoms. The number of methoxy groups -OCH3 is 1. The summed E-state index contributed by atoms with van der Waals surface area (Å²) in [5.74, 6) is 0.156. The highest BCUT2D eigenvalue weighted by Crippen LogP contribution is 2.37. The number of nitro benzene ring substituents is 2. The maximum Gasteiger partial charge on any atom is 0.320 e. The van der Waals surface area contributed by atoms with Crippen LogP contribution in [0.15, 0.2) is 48.5 Å². The average Bonchev–Trinajstić information content (AvgIpc) is 3.87. The van der Waals surface area contributed by atoms with Gasteiger partial charge in [-0.05, 0) is 50.9 Å². The number of ether oxygens (including phenoxy) is 1. The van der Waals surface area contributed by atoms with Crippen molar-refractivity contribution in [2.45, 2.75) is 51.5 Å². The van der Waals surface area contributed by atoms with Crippen LogP contribution >= 0.6 is 0 Å². The molecule has 2 aromatic carbocycles. The number of non-ortho nitro benzene ring substituents is 1. The van der Waals surface area contributed by atoms with Crippen LogP contribution in [0.1, 0.15) is 43.2 Å². The summed E-state index contributed by atoms with van der Waals surface area (Å²) < 4.78 is 5.09. The average molecular weight is 553 g/mol. The van der Waals surface area contributed by atoms with Crippen LogP contribution in [0.25, 0.3) is 0 Å². The summed E-state index contributed by atoms with van der Waals surface area (Å²) in [7, 11) is 1.37. The maximum absolute atomic E-state index is 13.5. The molecule has 1 aliphatic heterocycles. The third-order valence-corrected chi connectivity index (χ3v) is 7.78. The summed E-state index contributed by atoms with van der Waals surface area (Å²) >= 11 is 0. The highest BCUT2D eigenvalue weighted by Gasteiger charge is 2.44. The van der Waals surface area contributed by atoms with E-state index in [1.807, 2.05) is 16.7 Å². The van der Waals surface area contributed by atoms with Gasteiger partial charge in [0.25, 0.3) is 11.4 Å². The Kier molecular flexibility index (Phi) is 9.34. The Balaban J connectivity index is 0.000000312. The van der Waals surface area contributed by atoms with Crippen LogP contribution in [0.3, 0.4) is 0 Å². The third kappa shape index (κ3) is 7.55. The molecule has 1 saturated heterocycles. The first kappa shape index (κ1) is 29.0. The summed E-state index contributed by atoms with van der Waals surface area (Å²) in [6.45, 7) is 3.73. The molecule has 5 rings (SSSR count). The van der Waals surface area contributed by atoms with Gasteiger partial charge in [-0.2, -0.15) is 0 Å². The normalized spacial score (nSPS) is 20.7.